The Balaban J connectivity index is 1.65. The van der Waals surface area contributed by atoms with E-state index in [9.17, 15) is 14.4 Å². The number of imide groups is 1. The molecule has 0 radical (unpaired) electrons. The third kappa shape index (κ3) is 4.07. The summed E-state index contributed by atoms with van der Waals surface area (Å²) in [5.74, 6) is 0.0135. The number of ether oxygens (including phenoxy) is 1. The van der Waals surface area contributed by atoms with Crippen molar-refractivity contribution in [2.24, 2.45) is 0 Å². The predicted molar refractivity (Wildman–Crippen MR) is 114 cm³/mol. The molecule has 158 valence electrons. The van der Waals surface area contributed by atoms with Crippen LogP contribution in [0.25, 0.3) is 0 Å². The number of rotatable bonds is 6. The van der Waals surface area contributed by atoms with Crippen LogP contribution < -0.4 is 9.64 Å². The van der Waals surface area contributed by atoms with E-state index in [1.54, 1.807) is 55.6 Å². The second kappa shape index (κ2) is 8.47. The van der Waals surface area contributed by atoms with Crippen LogP contribution in [0.3, 0.4) is 0 Å². The molecule has 0 aliphatic carbocycles. The van der Waals surface area contributed by atoms with Gasteiger partial charge in [-0.15, -0.1) is 0 Å². The van der Waals surface area contributed by atoms with Gasteiger partial charge in [0.2, 0.25) is 5.91 Å². The standard InChI is InChI=1S/C24H22N2O5/c1-16-5-7-17(8-6-16)23(28)25(15-20-4-3-13-31-20)21-14-22(27)26(24(21)29)18-9-11-19(30-2)12-10-18/h3-13,21H,14-15H2,1-2H3. The lowest BCUT2D eigenvalue weighted by molar-refractivity contribution is -0.122. The first-order chi connectivity index (χ1) is 15.0. The number of methoxy groups -OCH3 is 1. The van der Waals surface area contributed by atoms with Crippen molar-refractivity contribution < 1.29 is 23.5 Å². The van der Waals surface area contributed by atoms with Crippen LogP contribution in [-0.4, -0.2) is 35.8 Å². The van der Waals surface area contributed by atoms with Crippen LogP contribution >= 0.6 is 0 Å². The van der Waals surface area contributed by atoms with E-state index in [4.69, 9.17) is 9.15 Å². The van der Waals surface area contributed by atoms with Gasteiger partial charge in [0.15, 0.2) is 0 Å². The van der Waals surface area contributed by atoms with Gasteiger partial charge in [-0.25, -0.2) is 4.90 Å². The fourth-order valence-corrected chi connectivity index (χ4v) is 3.62. The molecule has 4 rings (SSSR count). The van der Waals surface area contributed by atoms with Crippen molar-refractivity contribution in [3.8, 4) is 5.75 Å². The number of hydrogen-bond acceptors (Lipinski definition) is 5. The molecular weight excluding hydrogens is 396 g/mol. The Morgan fingerprint density at radius 1 is 1.10 bits per heavy atom. The van der Waals surface area contributed by atoms with Crippen molar-refractivity contribution in [1.29, 1.82) is 0 Å². The monoisotopic (exact) mass is 418 g/mol. The molecule has 0 bridgehead atoms. The molecule has 1 aliphatic rings. The van der Waals surface area contributed by atoms with Crippen LogP contribution in [0.4, 0.5) is 5.69 Å². The van der Waals surface area contributed by atoms with Crippen LogP contribution in [0.1, 0.15) is 28.1 Å². The highest BCUT2D eigenvalue weighted by Crippen LogP contribution is 2.29. The zero-order valence-corrected chi connectivity index (χ0v) is 17.3. The minimum absolute atomic E-state index is 0.0832. The van der Waals surface area contributed by atoms with Crippen LogP contribution in [0.2, 0.25) is 0 Å². The van der Waals surface area contributed by atoms with Gasteiger partial charge in [-0.2, -0.15) is 0 Å². The number of amides is 3. The number of aryl methyl sites for hydroxylation is 1. The highest BCUT2D eigenvalue weighted by molar-refractivity contribution is 6.23. The molecule has 3 amide bonds. The van der Waals surface area contributed by atoms with E-state index in [0.717, 1.165) is 10.5 Å². The van der Waals surface area contributed by atoms with E-state index < -0.39 is 11.9 Å². The first-order valence-corrected chi connectivity index (χ1v) is 9.89. The summed E-state index contributed by atoms with van der Waals surface area (Å²) in [6.07, 6.45) is 1.42. The number of carbonyl (C=O) groups is 3. The lowest BCUT2D eigenvalue weighted by atomic mass is 10.1. The summed E-state index contributed by atoms with van der Waals surface area (Å²) in [5, 5.41) is 0. The third-order valence-corrected chi connectivity index (χ3v) is 5.30. The number of nitrogens with zero attached hydrogens (tertiary/aromatic N) is 2. The molecule has 0 saturated carbocycles. The minimum atomic E-state index is -0.923. The molecule has 7 nitrogen and oxygen atoms in total. The summed E-state index contributed by atoms with van der Waals surface area (Å²) in [4.78, 5) is 41.9. The molecule has 2 heterocycles. The fraction of sp³-hybridized carbons (Fsp3) is 0.208. The molecule has 7 heteroatoms. The van der Waals surface area contributed by atoms with Gasteiger partial charge in [-0.05, 0) is 55.5 Å². The maximum atomic E-state index is 13.3. The van der Waals surface area contributed by atoms with Gasteiger partial charge in [0, 0.05) is 5.56 Å². The second-order valence-corrected chi connectivity index (χ2v) is 7.36. The molecule has 0 spiro atoms. The van der Waals surface area contributed by atoms with Crippen molar-refractivity contribution in [3.63, 3.8) is 0 Å². The Morgan fingerprint density at radius 3 is 2.42 bits per heavy atom. The highest BCUT2D eigenvalue weighted by atomic mass is 16.5. The average Bonchev–Trinajstić information content (AvgIpc) is 3.39. The second-order valence-electron chi connectivity index (χ2n) is 7.36. The average molecular weight is 418 g/mol. The smallest absolute Gasteiger partial charge is 0.257 e. The first-order valence-electron chi connectivity index (χ1n) is 9.89. The summed E-state index contributed by atoms with van der Waals surface area (Å²) >= 11 is 0. The summed E-state index contributed by atoms with van der Waals surface area (Å²) in [7, 11) is 1.54. The number of benzene rings is 2. The quantitative estimate of drug-likeness (QED) is 0.572. The molecule has 1 atom stereocenters. The number of carbonyl (C=O) groups excluding carboxylic acids is 3. The Hall–Kier alpha value is -3.87. The first kappa shape index (κ1) is 20.4. The summed E-state index contributed by atoms with van der Waals surface area (Å²) in [6, 6.07) is 16.3. The van der Waals surface area contributed by atoms with Gasteiger partial charge in [-0.3, -0.25) is 14.4 Å². The SMILES string of the molecule is COc1ccc(N2C(=O)CC(N(Cc3ccco3)C(=O)c3ccc(C)cc3)C2=O)cc1. The van der Waals surface area contributed by atoms with E-state index in [1.165, 1.54) is 11.2 Å². The van der Waals surface area contributed by atoms with Crippen LogP contribution in [-0.2, 0) is 16.1 Å². The van der Waals surface area contributed by atoms with Gasteiger partial charge in [0.25, 0.3) is 11.8 Å². The van der Waals surface area contributed by atoms with Gasteiger partial charge in [0.1, 0.15) is 17.6 Å². The summed E-state index contributed by atoms with van der Waals surface area (Å²) in [5.41, 5.74) is 1.91. The normalized spacial score (nSPS) is 15.9. The Morgan fingerprint density at radius 2 is 1.81 bits per heavy atom. The van der Waals surface area contributed by atoms with Gasteiger partial charge in [0.05, 0.1) is 32.0 Å². The molecule has 0 N–H and O–H groups in total. The van der Waals surface area contributed by atoms with E-state index in [2.05, 4.69) is 0 Å². The molecule has 1 aromatic heterocycles. The van der Waals surface area contributed by atoms with Crippen LogP contribution in [0.15, 0.2) is 71.3 Å². The van der Waals surface area contributed by atoms with Crippen molar-refractivity contribution in [1.82, 2.24) is 4.90 Å². The third-order valence-electron chi connectivity index (χ3n) is 5.30. The molecule has 2 aromatic carbocycles. The molecule has 1 fully saturated rings. The highest BCUT2D eigenvalue weighted by Gasteiger charge is 2.44. The van der Waals surface area contributed by atoms with Crippen LogP contribution in [0.5, 0.6) is 5.75 Å². The maximum Gasteiger partial charge on any atom is 0.257 e. The van der Waals surface area contributed by atoms with E-state index in [1.807, 2.05) is 19.1 Å². The number of anilines is 1. The van der Waals surface area contributed by atoms with Gasteiger partial charge >= 0.3 is 0 Å². The molecule has 31 heavy (non-hydrogen) atoms. The molecule has 1 unspecified atom stereocenters. The maximum absolute atomic E-state index is 13.3. The van der Waals surface area contributed by atoms with Gasteiger partial charge < -0.3 is 14.1 Å². The number of furan rings is 1. The number of hydrogen-bond donors (Lipinski definition) is 0. The molecule has 1 saturated heterocycles. The molecular formula is C24H22N2O5. The van der Waals surface area contributed by atoms with Crippen molar-refractivity contribution in [3.05, 3.63) is 83.8 Å². The fourth-order valence-electron chi connectivity index (χ4n) is 3.62. The minimum Gasteiger partial charge on any atom is -0.497 e. The topological polar surface area (TPSA) is 80.1 Å². The van der Waals surface area contributed by atoms with E-state index >= 15 is 0 Å². The summed E-state index contributed by atoms with van der Waals surface area (Å²) in [6.45, 7) is 2.01. The van der Waals surface area contributed by atoms with Crippen molar-refractivity contribution in [2.75, 3.05) is 12.0 Å². The zero-order valence-electron chi connectivity index (χ0n) is 17.3. The zero-order chi connectivity index (χ0) is 22.0. The Kier molecular flexibility index (Phi) is 5.58. The predicted octanol–water partition coefficient (Wildman–Crippen LogP) is 3.57. The van der Waals surface area contributed by atoms with Crippen LogP contribution in [0, 0.1) is 6.92 Å². The summed E-state index contributed by atoms with van der Waals surface area (Å²) < 4.78 is 10.6. The Labute approximate surface area is 179 Å². The molecule has 3 aromatic rings. The Bertz CT molecular complexity index is 1090. The van der Waals surface area contributed by atoms with E-state index in [-0.39, 0.29) is 24.8 Å². The van der Waals surface area contributed by atoms with Crippen molar-refractivity contribution >= 4 is 23.4 Å². The molecule has 1 aliphatic heterocycles. The van der Waals surface area contributed by atoms with E-state index in [0.29, 0.717) is 22.8 Å². The van der Waals surface area contributed by atoms with Gasteiger partial charge in [-0.1, -0.05) is 17.7 Å². The largest absolute Gasteiger partial charge is 0.497 e. The lowest BCUT2D eigenvalue weighted by Crippen LogP contribution is -2.45. The van der Waals surface area contributed by atoms with Crippen molar-refractivity contribution in [2.45, 2.75) is 25.9 Å². The lowest BCUT2D eigenvalue weighted by Gasteiger charge is -2.27.